The monoisotopic (exact) mass is 278 g/mol. The van der Waals surface area contributed by atoms with Gasteiger partial charge in [-0.2, -0.15) is 0 Å². The molecule has 7 heteroatoms. The summed E-state index contributed by atoms with van der Waals surface area (Å²) in [6.45, 7) is 0. The lowest BCUT2D eigenvalue weighted by atomic mass is 9.98. The first-order valence-corrected chi connectivity index (χ1v) is 6.27. The average Bonchev–Trinajstić information content (AvgIpc) is 2.64. The first kappa shape index (κ1) is 12.7. The standard InChI is InChI=1S/C13H11FN2O4/c14-7-3-1-2-6-10(7)13(20)16(12(6)19)8-4-5-9(17)15-11(8)18/h1-2,7-8H,3-5H2,(H,15,17,18). The highest BCUT2D eigenvalue weighted by Crippen LogP contribution is 2.33. The SMILES string of the molecule is O=C1CCC(N2C(=O)C3=C(C2=O)C(F)CC=C3)C(=O)N1. The highest BCUT2D eigenvalue weighted by atomic mass is 19.1. The number of piperidine rings is 1. The molecule has 4 amide bonds. The lowest BCUT2D eigenvalue weighted by Crippen LogP contribution is -2.54. The van der Waals surface area contributed by atoms with Gasteiger partial charge in [0, 0.05) is 12.8 Å². The van der Waals surface area contributed by atoms with Crippen molar-refractivity contribution in [2.24, 2.45) is 0 Å². The van der Waals surface area contributed by atoms with Gasteiger partial charge in [-0.1, -0.05) is 12.2 Å². The maximum Gasteiger partial charge on any atom is 0.262 e. The molecule has 3 aliphatic rings. The van der Waals surface area contributed by atoms with Gasteiger partial charge in [0.2, 0.25) is 11.8 Å². The maximum atomic E-state index is 13.8. The van der Waals surface area contributed by atoms with E-state index < -0.39 is 35.8 Å². The van der Waals surface area contributed by atoms with Crippen molar-refractivity contribution in [3.8, 4) is 0 Å². The van der Waals surface area contributed by atoms with E-state index in [0.717, 1.165) is 4.90 Å². The summed E-state index contributed by atoms with van der Waals surface area (Å²) < 4.78 is 13.8. The molecule has 1 N–H and O–H groups in total. The number of allylic oxidation sites excluding steroid dienone is 1. The summed E-state index contributed by atoms with van der Waals surface area (Å²) in [4.78, 5) is 48.0. The zero-order valence-electron chi connectivity index (χ0n) is 10.4. The molecule has 2 atom stereocenters. The van der Waals surface area contributed by atoms with Crippen LogP contribution in [0.25, 0.3) is 0 Å². The van der Waals surface area contributed by atoms with E-state index in [0.29, 0.717) is 0 Å². The van der Waals surface area contributed by atoms with Crippen LogP contribution in [0, 0.1) is 0 Å². The number of amides is 4. The fraction of sp³-hybridized carbons (Fsp3) is 0.385. The first-order chi connectivity index (χ1) is 9.50. The molecule has 0 bridgehead atoms. The van der Waals surface area contributed by atoms with E-state index in [1.165, 1.54) is 12.2 Å². The number of nitrogens with zero attached hydrogens (tertiary/aromatic N) is 1. The Hall–Kier alpha value is -2.31. The van der Waals surface area contributed by atoms with Gasteiger partial charge in [0.05, 0.1) is 11.1 Å². The van der Waals surface area contributed by atoms with E-state index in [1.807, 2.05) is 0 Å². The number of hydrogen-bond acceptors (Lipinski definition) is 4. The molecule has 2 unspecified atom stereocenters. The van der Waals surface area contributed by atoms with Crippen LogP contribution in [0.5, 0.6) is 0 Å². The van der Waals surface area contributed by atoms with Crippen LogP contribution in [0.15, 0.2) is 23.3 Å². The van der Waals surface area contributed by atoms with Crippen LogP contribution in [0.4, 0.5) is 4.39 Å². The minimum Gasteiger partial charge on any atom is -0.295 e. The normalized spacial score (nSPS) is 29.9. The highest BCUT2D eigenvalue weighted by Gasteiger charge is 2.47. The first-order valence-electron chi connectivity index (χ1n) is 6.27. The Kier molecular flexibility index (Phi) is 2.77. The van der Waals surface area contributed by atoms with E-state index in [2.05, 4.69) is 5.32 Å². The van der Waals surface area contributed by atoms with Crippen LogP contribution in [0.1, 0.15) is 19.3 Å². The van der Waals surface area contributed by atoms with Crippen molar-refractivity contribution in [3.05, 3.63) is 23.3 Å². The molecule has 1 aliphatic carbocycles. The summed E-state index contributed by atoms with van der Waals surface area (Å²) in [5.41, 5.74) is -0.166. The van der Waals surface area contributed by atoms with Gasteiger partial charge >= 0.3 is 0 Å². The van der Waals surface area contributed by atoms with Crippen molar-refractivity contribution in [1.82, 2.24) is 10.2 Å². The van der Waals surface area contributed by atoms with Crippen molar-refractivity contribution in [2.75, 3.05) is 0 Å². The zero-order valence-corrected chi connectivity index (χ0v) is 10.4. The van der Waals surface area contributed by atoms with Crippen molar-refractivity contribution in [3.63, 3.8) is 0 Å². The Morgan fingerprint density at radius 3 is 2.60 bits per heavy atom. The zero-order chi connectivity index (χ0) is 14.4. The van der Waals surface area contributed by atoms with E-state index in [4.69, 9.17) is 0 Å². The molecule has 0 aromatic rings. The summed E-state index contributed by atoms with van der Waals surface area (Å²) in [7, 11) is 0. The Labute approximate surface area is 113 Å². The van der Waals surface area contributed by atoms with Crippen LogP contribution in [0.3, 0.4) is 0 Å². The predicted octanol–water partition coefficient (Wildman–Crippen LogP) is -0.245. The minimum atomic E-state index is -1.52. The van der Waals surface area contributed by atoms with Gasteiger partial charge in [-0.25, -0.2) is 4.39 Å². The predicted molar refractivity (Wildman–Crippen MR) is 63.7 cm³/mol. The summed E-state index contributed by atoms with van der Waals surface area (Å²) in [5.74, 6) is -2.57. The molecule has 104 valence electrons. The number of carbonyl (C=O) groups is 4. The fourth-order valence-electron chi connectivity index (χ4n) is 2.68. The second-order valence-corrected chi connectivity index (χ2v) is 4.88. The van der Waals surface area contributed by atoms with Gasteiger partial charge in [-0.3, -0.25) is 29.4 Å². The minimum absolute atomic E-state index is 0.0125. The average molecular weight is 278 g/mol. The van der Waals surface area contributed by atoms with E-state index in [1.54, 1.807) is 0 Å². The molecule has 20 heavy (non-hydrogen) atoms. The molecule has 0 spiro atoms. The van der Waals surface area contributed by atoms with Gasteiger partial charge in [-0.15, -0.1) is 0 Å². The second kappa shape index (κ2) is 4.36. The fourth-order valence-corrected chi connectivity index (χ4v) is 2.68. The summed E-state index contributed by atoms with van der Waals surface area (Å²) in [6, 6.07) is -1.04. The lowest BCUT2D eigenvalue weighted by Gasteiger charge is -2.28. The van der Waals surface area contributed by atoms with Crippen LogP contribution < -0.4 is 5.32 Å². The topological polar surface area (TPSA) is 83.6 Å². The molecule has 1 saturated heterocycles. The van der Waals surface area contributed by atoms with Crippen LogP contribution >= 0.6 is 0 Å². The number of nitrogens with one attached hydrogen (secondary N) is 1. The third-order valence-electron chi connectivity index (χ3n) is 3.65. The van der Waals surface area contributed by atoms with Crippen LogP contribution in [-0.4, -0.2) is 40.7 Å². The maximum absolute atomic E-state index is 13.8. The quantitative estimate of drug-likeness (QED) is 0.671. The molecule has 2 aliphatic heterocycles. The van der Waals surface area contributed by atoms with Crippen molar-refractivity contribution in [2.45, 2.75) is 31.5 Å². The molecule has 0 aromatic carbocycles. The number of rotatable bonds is 1. The number of halogens is 1. The molecule has 1 fully saturated rings. The number of imide groups is 2. The molecule has 0 aromatic heterocycles. The summed E-state index contributed by atoms with van der Waals surface area (Å²) in [6.07, 6.45) is 1.54. The molecular weight excluding hydrogens is 267 g/mol. The van der Waals surface area contributed by atoms with Gasteiger partial charge < -0.3 is 0 Å². The Morgan fingerprint density at radius 2 is 1.95 bits per heavy atom. The smallest absolute Gasteiger partial charge is 0.262 e. The Bertz CT molecular complexity index is 607. The third-order valence-corrected chi connectivity index (χ3v) is 3.65. The number of carbonyl (C=O) groups excluding carboxylic acids is 4. The van der Waals surface area contributed by atoms with Crippen molar-refractivity contribution in [1.29, 1.82) is 0 Å². The van der Waals surface area contributed by atoms with Gasteiger partial charge in [0.25, 0.3) is 11.8 Å². The molecule has 2 heterocycles. The molecular formula is C13H11FN2O4. The van der Waals surface area contributed by atoms with Gasteiger partial charge in [0.1, 0.15) is 12.2 Å². The lowest BCUT2D eigenvalue weighted by molar-refractivity contribution is -0.150. The molecule has 3 rings (SSSR count). The van der Waals surface area contributed by atoms with Gasteiger partial charge in [-0.05, 0) is 6.42 Å². The highest BCUT2D eigenvalue weighted by molar-refractivity contribution is 6.23. The van der Waals surface area contributed by atoms with Crippen molar-refractivity contribution >= 4 is 23.6 Å². The number of hydrogen-bond donors (Lipinski definition) is 1. The molecule has 6 nitrogen and oxygen atoms in total. The number of alkyl halides is 1. The molecule has 0 saturated carbocycles. The van der Waals surface area contributed by atoms with E-state index >= 15 is 0 Å². The van der Waals surface area contributed by atoms with Gasteiger partial charge in [0.15, 0.2) is 0 Å². The summed E-state index contributed by atoms with van der Waals surface area (Å²) in [5, 5.41) is 2.09. The Morgan fingerprint density at radius 1 is 1.20 bits per heavy atom. The van der Waals surface area contributed by atoms with Crippen LogP contribution in [0.2, 0.25) is 0 Å². The molecule has 0 radical (unpaired) electrons. The van der Waals surface area contributed by atoms with E-state index in [9.17, 15) is 23.6 Å². The van der Waals surface area contributed by atoms with Crippen molar-refractivity contribution < 1.29 is 23.6 Å². The third kappa shape index (κ3) is 1.70. The van der Waals surface area contributed by atoms with E-state index in [-0.39, 0.29) is 30.4 Å². The summed E-state index contributed by atoms with van der Waals surface area (Å²) >= 11 is 0. The second-order valence-electron chi connectivity index (χ2n) is 4.88. The largest absolute Gasteiger partial charge is 0.295 e. The Balaban J connectivity index is 1.92. The van der Waals surface area contributed by atoms with Crippen LogP contribution in [-0.2, 0) is 19.2 Å².